The van der Waals surface area contributed by atoms with Crippen LogP contribution in [0.1, 0.15) is 28.9 Å². The SMILES string of the molecule is Cc1csc(NC(=O)C(C)n2cnc3ccccc32)c1C(N)=O. The first kappa shape index (κ1) is 15.2. The smallest absolute Gasteiger partial charge is 0.251 e. The molecule has 0 saturated carbocycles. The summed E-state index contributed by atoms with van der Waals surface area (Å²) in [5, 5.41) is 5.08. The molecule has 3 aromatic rings. The highest BCUT2D eigenvalue weighted by molar-refractivity contribution is 7.15. The number of aromatic nitrogens is 2. The van der Waals surface area contributed by atoms with Crippen LogP contribution in [-0.2, 0) is 4.79 Å². The molecule has 0 saturated heterocycles. The number of benzene rings is 1. The van der Waals surface area contributed by atoms with Crippen molar-refractivity contribution in [3.63, 3.8) is 0 Å². The number of para-hydroxylation sites is 2. The molecule has 3 N–H and O–H groups in total. The molecule has 2 heterocycles. The standard InChI is InChI=1S/C16H16N4O2S/c1-9-7-23-16(13(9)14(17)21)19-15(22)10(2)20-8-18-11-5-3-4-6-12(11)20/h3-8,10H,1-2H3,(H2,17,21)(H,19,22). The van der Waals surface area contributed by atoms with Crippen LogP contribution in [0.3, 0.4) is 0 Å². The number of carbonyl (C=O) groups is 2. The lowest BCUT2D eigenvalue weighted by Gasteiger charge is -2.14. The fraction of sp³-hybridized carbons (Fsp3) is 0.188. The van der Waals surface area contributed by atoms with E-state index in [-0.39, 0.29) is 5.91 Å². The first-order chi connectivity index (χ1) is 11.0. The fourth-order valence-electron chi connectivity index (χ4n) is 2.47. The Labute approximate surface area is 136 Å². The predicted octanol–water partition coefficient (Wildman–Crippen LogP) is 2.70. The fourth-order valence-corrected chi connectivity index (χ4v) is 3.42. The van der Waals surface area contributed by atoms with Gasteiger partial charge in [0.15, 0.2) is 0 Å². The minimum absolute atomic E-state index is 0.225. The second-order valence-corrected chi connectivity index (χ2v) is 6.17. The minimum Gasteiger partial charge on any atom is -0.365 e. The summed E-state index contributed by atoms with van der Waals surface area (Å²) >= 11 is 1.29. The van der Waals surface area contributed by atoms with Crippen molar-refractivity contribution in [2.45, 2.75) is 19.9 Å². The molecule has 0 bridgehead atoms. The Bertz CT molecular complexity index is 897. The van der Waals surface area contributed by atoms with Crippen LogP contribution in [0.15, 0.2) is 36.0 Å². The van der Waals surface area contributed by atoms with Gasteiger partial charge < -0.3 is 15.6 Å². The Hall–Kier alpha value is -2.67. The maximum Gasteiger partial charge on any atom is 0.251 e. The van der Waals surface area contributed by atoms with E-state index < -0.39 is 11.9 Å². The van der Waals surface area contributed by atoms with Crippen molar-refractivity contribution in [1.82, 2.24) is 9.55 Å². The number of hydrogen-bond acceptors (Lipinski definition) is 4. The Kier molecular flexibility index (Phi) is 3.87. The van der Waals surface area contributed by atoms with Gasteiger partial charge in [-0.25, -0.2) is 4.98 Å². The molecule has 2 aromatic heterocycles. The number of nitrogens with zero attached hydrogens (tertiary/aromatic N) is 2. The van der Waals surface area contributed by atoms with Crippen LogP contribution < -0.4 is 11.1 Å². The number of rotatable bonds is 4. The van der Waals surface area contributed by atoms with Gasteiger partial charge in [0.05, 0.1) is 22.9 Å². The molecule has 0 spiro atoms. The molecule has 0 fully saturated rings. The van der Waals surface area contributed by atoms with E-state index >= 15 is 0 Å². The Morgan fingerprint density at radius 2 is 2.09 bits per heavy atom. The van der Waals surface area contributed by atoms with Crippen molar-refractivity contribution in [2.24, 2.45) is 5.73 Å². The van der Waals surface area contributed by atoms with Crippen molar-refractivity contribution in [2.75, 3.05) is 5.32 Å². The molecule has 0 aliphatic heterocycles. The number of fused-ring (bicyclic) bond motifs is 1. The number of carbonyl (C=O) groups excluding carboxylic acids is 2. The Balaban J connectivity index is 1.88. The first-order valence-electron chi connectivity index (χ1n) is 7.09. The maximum atomic E-state index is 12.5. The number of amides is 2. The molecule has 23 heavy (non-hydrogen) atoms. The zero-order valence-electron chi connectivity index (χ0n) is 12.7. The van der Waals surface area contributed by atoms with Gasteiger partial charge in [-0.05, 0) is 36.9 Å². The summed E-state index contributed by atoms with van der Waals surface area (Å²) in [5.74, 6) is -0.766. The summed E-state index contributed by atoms with van der Waals surface area (Å²) < 4.78 is 1.80. The van der Waals surface area contributed by atoms with Crippen LogP contribution in [0.25, 0.3) is 11.0 Å². The number of thiophene rings is 1. The topological polar surface area (TPSA) is 90.0 Å². The van der Waals surface area contributed by atoms with Crippen molar-refractivity contribution in [1.29, 1.82) is 0 Å². The van der Waals surface area contributed by atoms with Crippen molar-refractivity contribution in [3.8, 4) is 0 Å². The van der Waals surface area contributed by atoms with Gasteiger partial charge in [0.2, 0.25) is 5.91 Å². The van der Waals surface area contributed by atoms with Gasteiger partial charge in [-0.3, -0.25) is 9.59 Å². The zero-order chi connectivity index (χ0) is 16.6. The molecule has 0 radical (unpaired) electrons. The van der Waals surface area contributed by atoms with E-state index in [1.165, 1.54) is 11.3 Å². The Morgan fingerprint density at radius 3 is 2.83 bits per heavy atom. The number of hydrogen-bond donors (Lipinski definition) is 2. The second kappa shape index (κ2) is 5.85. The molecule has 1 aromatic carbocycles. The number of nitrogens with one attached hydrogen (secondary N) is 1. The van der Waals surface area contributed by atoms with E-state index in [2.05, 4.69) is 10.3 Å². The highest BCUT2D eigenvalue weighted by atomic mass is 32.1. The van der Waals surface area contributed by atoms with Gasteiger partial charge in [-0.1, -0.05) is 12.1 Å². The molecule has 118 valence electrons. The number of imidazole rings is 1. The summed E-state index contributed by atoms with van der Waals surface area (Å²) in [6.45, 7) is 3.58. The van der Waals surface area contributed by atoms with Gasteiger partial charge in [0.1, 0.15) is 11.0 Å². The molecular weight excluding hydrogens is 312 g/mol. The van der Waals surface area contributed by atoms with Crippen molar-refractivity contribution >= 4 is 39.2 Å². The lowest BCUT2D eigenvalue weighted by atomic mass is 10.2. The maximum absolute atomic E-state index is 12.5. The van der Waals surface area contributed by atoms with Crippen LogP contribution in [-0.4, -0.2) is 21.4 Å². The van der Waals surface area contributed by atoms with Gasteiger partial charge >= 0.3 is 0 Å². The molecule has 0 aliphatic carbocycles. The van der Waals surface area contributed by atoms with Crippen LogP contribution >= 0.6 is 11.3 Å². The normalized spacial score (nSPS) is 12.3. The average molecular weight is 328 g/mol. The summed E-state index contributed by atoms with van der Waals surface area (Å²) in [6.07, 6.45) is 1.64. The van der Waals surface area contributed by atoms with Crippen LogP contribution in [0.4, 0.5) is 5.00 Å². The van der Waals surface area contributed by atoms with E-state index in [9.17, 15) is 9.59 Å². The van der Waals surface area contributed by atoms with Gasteiger partial charge in [0.25, 0.3) is 5.91 Å². The number of anilines is 1. The highest BCUT2D eigenvalue weighted by Crippen LogP contribution is 2.28. The number of primary amides is 1. The summed E-state index contributed by atoms with van der Waals surface area (Å²) in [4.78, 5) is 28.3. The molecule has 3 rings (SSSR count). The molecule has 7 heteroatoms. The van der Waals surface area contributed by atoms with Gasteiger partial charge in [0, 0.05) is 0 Å². The first-order valence-corrected chi connectivity index (χ1v) is 7.97. The van der Waals surface area contributed by atoms with E-state index in [1.54, 1.807) is 30.1 Å². The van der Waals surface area contributed by atoms with Crippen LogP contribution in [0, 0.1) is 6.92 Å². The zero-order valence-corrected chi connectivity index (χ0v) is 13.6. The Morgan fingerprint density at radius 1 is 1.35 bits per heavy atom. The largest absolute Gasteiger partial charge is 0.365 e. The summed E-state index contributed by atoms with van der Waals surface area (Å²) in [7, 11) is 0. The molecule has 1 atom stereocenters. The van der Waals surface area contributed by atoms with Crippen LogP contribution in [0.5, 0.6) is 0 Å². The lowest BCUT2D eigenvalue weighted by Crippen LogP contribution is -2.24. The average Bonchev–Trinajstić information content (AvgIpc) is 3.10. The molecule has 0 aliphatic rings. The molecule has 2 amide bonds. The third-order valence-electron chi connectivity index (χ3n) is 3.74. The minimum atomic E-state index is -0.542. The van der Waals surface area contributed by atoms with Gasteiger partial charge in [-0.15, -0.1) is 11.3 Å². The third kappa shape index (κ3) is 2.70. The summed E-state index contributed by atoms with van der Waals surface area (Å²) in [5.41, 5.74) is 8.22. The monoisotopic (exact) mass is 328 g/mol. The van der Waals surface area contributed by atoms with E-state index in [4.69, 9.17) is 5.73 Å². The van der Waals surface area contributed by atoms with Gasteiger partial charge in [-0.2, -0.15) is 0 Å². The van der Waals surface area contributed by atoms with E-state index in [1.807, 2.05) is 24.3 Å². The van der Waals surface area contributed by atoms with Crippen molar-refractivity contribution in [3.05, 3.63) is 47.1 Å². The molecule has 1 unspecified atom stereocenters. The van der Waals surface area contributed by atoms with E-state index in [0.717, 1.165) is 16.6 Å². The summed E-state index contributed by atoms with van der Waals surface area (Å²) in [6, 6.07) is 7.14. The predicted molar refractivity (Wildman–Crippen MR) is 90.6 cm³/mol. The third-order valence-corrected chi connectivity index (χ3v) is 4.75. The highest BCUT2D eigenvalue weighted by Gasteiger charge is 2.21. The molecular formula is C16H16N4O2S. The van der Waals surface area contributed by atoms with Crippen LogP contribution in [0.2, 0.25) is 0 Å². The quantitative estimate of drug-likeness (QED) is 0.771. The second-order valence-electron chi connectivity index (χ2n) is 5.29. The van der Waals surface area contributed by atoms with Crippen molar-refractivity contribution < 1.29 is 9.59 Å². The number of aryl methyl sites for hydroxylation is 1. The molecule has 6 nitrogen and oxygen atoms in total. The van der Waals surface area contributed by atoms with E-state index in [0.29, 0.717) is 10.6 Å². The number of nitrogens with two attached hydrogens (primary N) is 1. The lowest BCUT2D eigenvalue weighted by molar-refractivity contribution is -0.118.